The lowest BCUT2D eigenvalue weighted by molar-refractivity contribution is 0.188. The summed E-state index contributed by atoms with van der Waals surface area (Å²) >= 11 is 3.34. The van der Waals surface area contributed by atoms with Crippen LogP contribution in [0.5, 0.6) is 0 Å². The zero-order valence-corrected chi connectivity index (χ0v) is 13.4. The van der Waals surface area contributed by atoms with Crippen LogP contribution < -0.4 is 4.72 Å². The fraction of sp³-hybridized carbons (Fsp3) is 1.00. The highest BCUT2D eigenvalue weighted by Crippen LogP contribution is 2.24. The molecule has 6 heteroatoms. The molecule has 1 fully saturated rings. The van der Waals surface area contributed by atoms with Crippen LogP contribution in [0.1, 0.15) is 38.5 Å². The molecule has 1 saturated carbocycles. The van der Waals surface area contributed by atoms with Crippen molar-refractivity contribution in [1.82, 2.24) is 4.72 Å². The summed E-state index contributed by atoms with van der Waals surface area (Å²) < 4.78 is 31.9. The van der Waals surface area contributed by atoms with Gasteiger partial charge in [0.05, 0.1) is 5.75 Å². The number of hydrogen-bond acceptors (Lipinski definition) is 3. The molecule has 1 atom stereocenters. The van der Waals surface area contributed by atoms with E-state index in [2.05, 4.69) is 20.7 Å². The molecule has 1 unspecified atom stereocenters. The molecule has 0 spiro atoms. The van der Waals surface area contributed by atoms with E-state index >= 15 is 0 Å². The molecule has 0 bridgehead atoms. The van der Waals surface area contributed by atoms with Gasteiger partial charge in [0, 0.05) is 25.1 Å². The molecule has 0 saturated heterocycles. The van der Waals surface area contributed by atoms with Crippen LogP contribution in [0.4, 0.5) is 0 Å². The van der Waals surface area contributed by atoms with E-state index in [0.717, 1.165) is 12.8 Å². The van der Waals surface area contributed by atoms with E-state index in [9.17, 15) is 8.42 Å². The molecule has 1 rings (SSSR count). The van der Waals surface area contributed by atoms with Crippen LogP contribution >= 0.6 is 15.9 Å². The number of hydrogen-bond donors (Lipinski definition) is 1. The van der Waals surface area contributed by atoms with Gasteiger partial charge in [-0.1, -0.05) is 35.2 Å². The Balaban J connectivity index is 2.41. The van der Waals surface area contributed by atoms with Crippen LogP contribution in [0, 0.1) is 5.92 Å². The third-order valence-corrected chi connectivity index (χ3v) is 5.77. The summed E-state index contributed by atoms with van der Waals surface area (Å²) in [6.07, 6.45) is 6.40. The highest BCUT2D eigenvalue weighted by Gasteiger charge is 2.23. The van der Waals surface area contributed by atoms with Crippen molar-refractivity contribution in [2.45, 2.75) is 44.6 Å². The van der Waals surface area contributed by atoms with Gasteiger partial charge in [-0.2, -0.15) is 0 Å². The Kier molecular flexibility index (Phi) is 7.75. The van der Waals surface area contributed by atoms with Gasteiger partial charge in [0.1, 0.15) is 0 Å². The van der Waals surface area contributed by atoms with E-state index in [4.69, 9.17) is 4.74 Å². The van der Waals surface area contributed by atoms with Crippen LogP contribution in [0.3, 0.4) is 0 Å². The Hall–Kier alpha value is 0.350. The third-order valence-electron chi connectivity index (χ3n) is 3.38. The van der Waals surface area contributed by atoms with Gasteiger partial charge in [-0.25, -0.2) is 13.1 Å². The zero-order valence-electron chi connectivity index (χ0n) is 11.0. The van der Waals surface area contributed by atoms with Gasteiger partial charge < -0.3 is 4.74 Å². The van der Waals surface area contributed by atoms with Gasteiger partial charge in [-0.3, -0.25) is 0 Å². The number of ether oxygens (including phenoxy) is 1. The SMILES string of the molecule is COCCC(CBr)NS(=O)(=O)CC1CCCCC1. The van der Waals surface area contributed by atoms with Gasteiger partial charge in [-0.15, -0.1) is 0 Å². The summed E-state index contributed by atoms with van der Waals surface area (Å²) in [7, 11) is -1.53. The number of methoxy groups -OCH3 is 1. The molecule has 0 amide bonds. The molecule has 1 N–H and O–H groups in total. The van der Waals surface area contributed by atoms with Crippen LogP contribution in [0.2, 0.25) is 0 Å². The fourth-order valence-corrected chi connectivity index (χ4v) is 4.85. The zero-order chi connectivity index (χ0) is 13.4. The molecule has 0 aromatic rings. The maximum Gasteiger partial charge on any atom is 0.212 e. The van der Waals surface area contributed by atoms with Crippen molar-refractivity contribution in [3.63, 3.8) is 0 Å². The second-order valence-corrected chi connectivity index (χ2v) is 7.48. The maximum absolute atomic E-state index is 12.1. The van der Waals surface area contributed by atoms with Gasteiger partial charge in [0.2, 0.25) is 10.0 Å². The number of rotatable bonds is 8. The Morgan fingerprint density at radius 2 is 2.00 bits per heavy atom. The average Bonchev–Trinajstić information content (AvgIpc) is 2.35. The Bertz CT molecular complexity index is 315. The van der Waals surface area contributed by atoms with Crippen molar-refractivity contribution >= 4 is 26.0 Å². The minimum atomic E-state index is -3.16. The molecule has 0 radical (unpaired) electrons. The molecular formula is C12H24BrNO3S. The van der Waals surface area contributed by atoms with Crippen molar-refractivity contribution in [1.29, 1.82) is 0 Å². The van der Waals surface area contributed by atoms with Gasteiger partial charge in [-0.05, 0) is 25.2 Å². The van der Waals surface area contributed by atoms with E-state index in [0.29, 0.717) is 24.3 Å². The molecular weight excluding hydrogens is 318 g/mol. The lowest BCUT2D eigenvalue weighted by atomic mass is 9.91. The fourth-order valence-electron chi connectivity index (χ4n) is 2.39. The Morgan fingerprint density at radius 1 is 1.33 bits per heavy atom. The van der Waals surface area contributed by atoms with E-state index in [1.807, 2.05) is 0 Å². The number of sulfonamides is 1. The average molecular weight is 342 g/mol. The predicted molar refractivity (Wildman–Crippen MR) is 77.6 cm³/mol. The highest BCUT2D eigenvalue weighted by molar-refractivity contribution is 9.09. The summed E-state index contributed by atoms with van der Waals surface area (Å²) in [5, 5.41) is 0.625. The molecule has 1 aliphatic rings. The summed E-state index contributed by atoms with van der Waals surface area (Å²) in [5.74, 6) is 0.624. The molecule has 0 aromatic heterocycles. The minimum Gasteiger partial charge on any atom is -0.385 e. The molecule has 18 heavy (non-hydrogen) atoms. The lowest BCUT2D eigenvalue weighted by Gasteiger charge is -2.23. The molecule has 108 valence electrons. The summed E-state index contributed by atoms with van der Waals surface area (Å²) in [6.45, 7) is 0.572. The third kappa shape index (κ3) is 6.50. The van der Waals surface area contributed by atoms with E-state index in [1.165, 1.54) is 19.3 Å². The largest absolute Gasteiger partial charge is 0.385 e. The minimum absolute atomic E-state index is 0.0708. The standard InChI is InChI=1S/C12H24BrNO3S/c1-17-8-7-12(9-13)14-18(15,16)10-11-5-3-2-4-6-11/h11-12,14H,2-10H2,1H3. The highest BCUT2D eigenvalue weighted by atomic mass is 79.9. The van der Waals surface area contributed by atoms with Crippen molar-refractivity contribution in [2.75, 3.05) is 24.8 Å². The Morgan fingerprint density at radius 3 is 2.56 bits per heavy atom. The first-order valence-corrected chi connectivity index (χ1v) is 9.39. The van der Waals surface area contributed by atoms with Crippen LogP contribution in [-0.4, -0.2) is 39.3 Å². The first kappa shape index (κ1) is 16.4. The molecule has 0 aromatic carbocycles. The first-order chi connectivity index (χ1) is 8.57. The van der Waals surface area contributed by atoms with Crippen LogP contribution in [0.25, 0.3) is 0 Å². The number of nitrogens with one attached hydrogen (secondary N) is 1. The smallest absolute Gasteiger partial charge is 0.212 e. The molecule has 0 aliphatic heterocycles. The monoisotopic (exact) mass is 341 g/mol. The summed E-state index contributed by atoms with van der Waals surface area (Å²) in [5.41, 5.74) is 0. The first-order valence-electron chi connectivity index (χ1n) is 6.62. The normalized spacial score (nSPS) is 19.9. The van der Waals surface area contributed by atoms with Crippen molar-refractivity contribution in [3.05, 3.63) is 0 Å². The van der Waals surface area contributed by atoms with Gasteiger partial charge in [0.25, 0.3) is 0 Å². The molecule has 1 aliphatic carbocycles. The van der Waals surface area contributed by atoms with E-state index in [-0.39, 0.29) is 11.8 Å². The van der Waals surface area contributed by atoms with Crippen molar-refractivity contribution in [3.8, 4) is 0 Å². The van der Waals surface area contributed by atoms with E-state index < -0.39 is 10.0 Å². The quantitative estimate of drug-likeness (QED) is 0.689. The predicted octanol–water partition coefficient (Wildman–Crippen LogP) is 2.29. The van der Waals surface area contributed by atoms with Gasteiger partial charge >= 0.3 is 0 Å². The second-order valence-electron chi connectivity index (χ2n) is 5.04. The second kappa shape index (κ2) is 8.51. The van der Waals surface area contributed by atoms with E-state index in [1.54, 1.807) is 7.11 Å². The molecule has 4 nitrogen and oxygen atoms in total. The lowest BCUT2D eigenvalue weighted by Crippen LogP contribution is -2.40. The summed E-state index contributed by atoms with van der Waals surface area (Å²) in [6, 6.07) is -0.0708. The topological polar surface area (TPSA) is 55.4 Å². The number of halogens is 1. The van der Waals surface area contributed by atoms with Crippen LogP contribution in [-0.2, 0) is 14.8 Å². The molecule has 0 heterocycles. The Labute approximate surface area is 119 Å². The van der Waals surface area contributed by atoms with Crippen LogP contribution in [0.15, 0.2) is 0 Å². The summed E-state index contributed by atoms with van der Waals surface area (Å²) in [4.78, 5) is 0. The number of alkyl halides is 1. The van der Waals surface area contributed by atoms with Gasteiger partial charge in [0.15, 0.2) is 0 Å². The van der Waals surface area contributed by atoms with Crippen molar-refractivity contribution in [2.24, 2.45) is 5.92 Å². The van der Waals surface area contributed by atoms with Crippen molar-refractivity contribution < 1.29 is 13.2 Å². The maximum atomic E-state index is 12.1.